The third-order valence-corrected chi connectivity index (χ3v) is 12.3. The third kappa shape index (κ3) is 5.71. The molecule has 0 amide bonds. The molecule has 0 bridgehead atoms. The number of pyridine rings is 4. The van der Waals surface area contributed by atoms with Gasteiger partial charge in [-0.3, -0.25) is 9.97 Å². The number of fused-ring (bicyclic) bond motifs is 5. The Kier molecular flexibility index (Phi) is 7.75. The lowest BCUT2D eigenvalue weighted by Gasteiger charge is -2.15. The van der Waals surface area contributed by atoms with Crippen molar-refractivity contribution in [1.82, 2.24) is 29.9 Å². The number of aromatic nitrogens is 6. The first-order valence-electron chi connectivity index (χ1n) is 18.2. The summed E-state index contributed by atoms with van der Waals surface area (Å²) in [5, 5.41) is 4.01. The van der Waals surface area contributed by atoms with E-state index in [2.05, 4.69) is 131 Å². The number of hydrogen-bond acceptors (Lipinski definition) is 8. The molecule has 8 heteroatoms. The smallest absolute Gasteiger partial charge is 0.124 e. The monoisotopic (exact) mass is 752 g/mol. The topological polar surface area (TPSA) is 77.3 Å². The fraction of sp³-hybridized carbons (Fsp3) is 0. The Hall–Kier alpha value is -7.00. The minimum absolute atomic E-state index is 0.826. The molecule has 0 aliphatic carbocycles. The second-order valence-corrected chi connectivity index (χ2v) is 15.6. The van der Waals surface area contributed by atoms with Gasteiger partial charge in [-0.25, -0.2) is 19.9 Å². The van der Waals surface area contributed by atoms with Gasteiger partial charge in [-0.05, 0) is 59.7 Å². The van der Waals surface area contributed by atoms with Crippen LogP contribution in [0.5, 0.6) is 0 Å². The first kappa shape index (κ1) is 32.4. The van der Waals surface area contributed by atoms with Crippen molar-refractivity contribution in [3.8, 4) is 65.9 Å². The van der Waals surface area contributed by atoms with Gasteiger partial charge < -0.3 is 0 Å². The molecule has 0 saturated carbocycles. The first-order chi connectivity index (χ1) is 27.7. The summed E-state index contributed by atoms with van der Waals surface area (Å²) in [4.78, 5) is 29.6. The van der Waals surface area contributed by atoms with E-state index in [-0.39, 0.29) is 0 Å². The minimum Gasteiger partial charge on any atom is -0.264 e. The molecule has 0 unspecified atom stereocenters. The Morgan fingerprint density at radius 1 is 0.357 bits per heavy atom. The van der Waals surface area contributed by atoms with E-state index in [0.29, 0.717) is 0 Å². The maximum absolute atomic E-state index is 5.42. The van der Waals surface area contributed by atoms with Crippen LogP contribution in [0, 0.1) is 0 Å². The van der Waals surface area contributed by atoms with E-state index in [9.17, 15) is 0 Å². The molecule has 0 saturated heterocycles. The zero-order valence-corrected chi connectivity index (χ0v) is 31.3. The highest BCUT2D eigenvalue weighted by atomic mass is 32.1. The predicted octanol–water partition coefficient (Wildman–Crippen LogP) is 12.8. The van der Waals surface area contributed by atoms with E-state index < -0.39 is 0 Å². The van der Waals surface area contributed by atoms with Crippen molar-refractivity contribution in [2.75, 3.05) is 0 Å². The van der Waals surface area contributed by atoms with E-state index in [1.807, 2.05) is 36.7 Å². The van der Waals surface area contributed by atoms with Crippen molar-refractivity contribution in [1.29, 1.82) is 0 Å². The van der Waals surface area contributed by atoms with E-state index >= 15 is 0 Å². The molecule has 0 fully saturated rings. The van der Waals surface area contributed by atoms with Gasteiger partial charge in [0, 0.05) is 68.9 Å². The van der Waals surface area contributed by atoms with Crippen molar-refractivity contribution in [2.24, 2.45) is 0 Å². The molecule has 0 aliphatic rings. The molecule has 6 nitrogen and oxygen atoms in total. The van der Waals surface area contributed by atoms with Gasteiger partial charge in [0.05, 0.1) is 42.9 Å². The van der Waals surface area contributed by atoms with Gasteiger partial charge in [-0.1, -0.05) is 97.1 Å². The lowest BCUT2D eigenvalue weighted by Crippen LogP contribution is -1.96. The van der Waals surface area contributed by atoms with Crippen molar-refractivity contribution in [3.05, 3.63) is 170 Å². The van der Waals surface area contributed by atoms with Crippen LogP contribution in [-0.4, -0.2) is 29.9 Å². The fourth-order valence-corrected chi connectivity index (χ4v) is 9.29. The normalized spacial score (nSPS) is 11.6. The van der Waals surface area contributed by atoms with Gasteiger partial charge in [-0.15, -0.1) is 22.7 Å². The molecule has 56 heavy (non-hydrogen) atoms. The van der Waals surface area contributed by atoms with Gasteiger partial charge in [0.25, 0.3) is 0 Å². The maximum atomic E-state index is 5.42. The van der Waals surface area contributed by atoms with E-state index in [0.717, 1.165) is 98.7 Å². The average Bonchev–Trinajstić information content (AvgIpc) is 3.92. The zero-order chi connectivity index (χ0) is 37.0. The molecule has 0 spiro atoms. The quantitative estimate of drug-likeness (QED) is 0.157. The Labute approximate surface area is 329 Å². The largest absolute Gasteiger partial charge is 0.264 e. The molecule has 11 aromatic rings. The zero-order valence-electron chi connectivity index (χ0n) is 29.7. The Morgan fingerprint density at radius 3 is 1.20 bits per heavy atom. The second kappa shape index (κ2) is 13.4. The van der Waals surface area contributed by atoms with Crippen molar-refractivity contribution >= 4 is 64.9 Å². The lowest BCUT2D eigenvalue weighted by atomic mass is 9.94. The van der Waals surface area contributed by atoms with E-state index in [1.165, 1.54) is 9.40 Å². The molecule has 0 N–H and O–H groups in total. The van der Waals surface area contributed by atoms with Crippen LogP contribution in [0.4, 0.5) is 0 Å². The standard InChI is InChI=1S/C48H28N6S2/c1-3-11-43-39(9-1)53-47(55-43)31-17-13-29(14-18-31)41-25-37(33-7-5-23-49-27-33)35-21-22-36-38(34-8-6-24-50-28-34)26-42(52-46(36)45(35)51-41)30-15-19-32(20-16-30)48-54-40-10-2-4-12-44(40)56-48/h1-28H. The van der Waals surface area contributed by atoms with Crippen molar-refractivity contribution in [2.45, 2.75) is 0 Å². The second-order valence-electron chi connectivity index (χ2n) is 13.6. The summed E-state index contributed by atoms with van der Waals surface area (Å²) in [6.07, 6.45) is 7.44. The SMILES string of the molecule is c1cncc(-c2cc(-c3ccc(-c4nc5ccccc5s4)cc3)nc3c2ccc2c(-c4cccnc4)cc(-c4ccc(-c5nc6ccccc6s5)cc4)nc23)c1. The molecule has 0 radical (unpaired) electrons. The molecular weight excluding hydrogens is 725 g/mol. The molecule has 0 aliphatic heterocycles. The van der Waals surface area contributed by atoms with Gasteiger partial charge >= 0.3 is 0 Å². The fourth-order valence-electron chi connectivity index (χ4n) is 7.35. The molecule has 11 rings (SSSR count). The van der Waals surface area contributed by atoms with E-state index in [1.54, 1.807) is 35.1 Å². The highest BCUT2D eigenvalue weighted by Gasteiger charge is 2.18. The minimum atomic E-state index is 0.826. The highest BCUT2D eigenvalue weighted by Crippen LogP contribution is 2.40. The summed E-state index contributed by atoms with van der Waals surface area (Å²) < 4.78 is 2.36. The van der Waals surface area contributed by atoms with Crippen LogP contribution in [0.15, 0.2) is 170 Å². The van der Waals surface area contributed by atoms with E-state index in [4.69, 9.17) is 19.9 Å². The number of benzene rings is 5. The Balaban J connectivity index is 1.10. The van der Waals surface area contributed by atoms with Crippen molar-refractivity contribution in [3.63, 3.8) is 0 Å². The Bertz CT molecular complexity index is 2950. The van der Waals surface area contributed by atoms with Crippen molar-refractivity contribution < 1.29 is 0 Å². The predicted molar refractivity (Wildman–Crippen MR) is 232 cm³/mol. The maximum Gasteiger partial charge on any atom is 0.124 e. The van der Waals surface area contributed by atoms with Crippen LogP contribution in [0.25, 0.3) is 108 Å². The molecular formula is C48H28N6S2. The van der Waals surface area contributed by atoms with Crippen LogP contribution in [0.2, 0.25) is 0 Å². The van der Waals surface area contributed by atoms with Crippen LogP contribution >= 0.6 is 22.7 Å². The number of thiazole rings is 2. The molecule has 262 valence electrons. The number of rotatable bonds is 6. The van der Waals surface area contributed by atoms with Gasteiger partial charge in [0.1, 0.15) is 10.0 Å². The molecule has 0 atom stereocenters. The van der Waals surface area contributed by atoms with Crippen LogP contribution in [-0.2, 0) is 0 Å². The van der Waals surface area contributed by atoms with Crippen LogP contribution in [0.1, 0.15) is 0 Å². The summed E-state index contributed by atoms with van der Waals surface area (Å²) in [6.45, 7) is 0. The third-order valence-electron chi connectivity index (χ3n) is 10.1. The van der Waals surface area contributed by atoms with Crippen LogP contribution < -0.4 is 0 Å². The summed E-state index contributed by atoms with van der Waals surface area (Å²) in [5.74, 6) is 0. The summed E-state index contributed by atoms with van der Waals surface area (Å²) in [6, 6.07) is 50.5. The average molecular weight is 753 g/mol. The van der Waals surface area contributed by atoms with Gasteiger partial charge in [0.2, 0.25) is 0 Å². The van der Waals surface area contributed by atoms with Crippen LogP contribution in [0.3, 0.4) is 0 Å². The number of nitrogens with zero attached hydrogens (tertiary/aromatic N) is 6. The Morgan fingerprint density at radius 2 is 0.786 bits per heavy atom. The van der Waals surface area contributed by atoms with Gasteiger partial charge in [0.15, 0.2) is 0 Å². The lowest BCUT2D eigenvalue weighted by molar-refractivity contribution is 1.32. The summed E-state index contributed by atoms with van der Waals surface area (Å²) in [5.41, 5.74) is 13.7. The molecule has 5 aromatic carbocycles. The number of hydrogen-bond donors (Lipinski definition) is 0. The van der Waals surface area contributed by atoms with Gasteiger partial charge in [-0.2, -0.15) is 0 Å². The molecule has 6 aromatic heterocycles. The summed E-state index contributed by atoms with van der Waals surface area (Å²) >= 11 is 3.41. The highest BCUT2D eigenvalue weighted by molar-refractivity contribution is 7.22. The molecule has 6 heterocycles. The number of para-hydroxylation sites is 2. The first-order valence-corrected chi connectivity index (χ1v) is 19.9. The summed E-state index contributed by atoms with van der Waals surface area (Å²) in [7, 11) is 0.